The average molecular weight is 217 g/mol. The van der Waals surface area contributed by atoms with Gasteiger partial charge in [-0.3, -0.25) is 0 Å². The van der Waals surface area contributed by atoms with Crippen LogP contribution < -0.4 is 0 Å². The number of oxime groups is 1. The van der Waals surface area contributed by atoms with Crippen molar-refractivity contribution >= 4 is 5.71 Å². The molecule has 0 spiro atoms. The maximum Gasteiger partial charge on any atom is 0.158 e. The van der Waals surface area contributed by atoms with Gasteiger partial charge in [0.25, 0.3) is 0 Å². The van der Waals surface area contributed by atoms with E-state index in [-0.39, 0.29) is 6.10 Å². The minimum absolute atomic E-state index is 0.0596. The molecule has 1 heterocycles. The summed E-state index contributed by atoms with van der Waals surface area (Å²) in [4.78, 5) is 5.31. The first-order chi connectivity index (χ1) is 7.81. The van der Waals surface area contributed by atoms with E-state index in [0.717, 1.165) is 5.56 Å². The molecule has 2 rings (SSSR count). The second-order valence-corrected chi connectivity index (χ2v) is 3.83. The zero-order valence-electron chi connectivity index (χ0n) is 9.04. The zero-order chi connectivity index (χ0) is 11.4. The van der Waals surface area contributed by atoms with Gasteiger partial charge < -0.3 is 9.94 Å². The van der Waals surface area contributed by atoms with Gasteiger partial charge in [0.1, 0.15) is 0 Å². The predicted molar refractivity (Wildman–Crippen MR) is 63.1 cm³/mol. The second kappa shape index (κ2) is 4.94. The smallest absolute Gasteiger partial charge is 0.158 e. The molecule has 0 aliphatic carbocycles. The molecule has 0 amide bonds. The number of hydrogen-bond donors (Lipinski definition) is 1. The van der Waals surface area contributed by atoms with Crippen LogP contribution in [0.4, 0.5) is 0 Å². The Morgan fingerprint density at radius 1 is 1.50 bits per heavy atom. The van der Waals surface area contributed by atoms with Crippen LogP contribution in [-0.4, -0.2) is 16.9 Å². The Bertz CT molecular complexity index is 386. The molecule has 16 heavy (non-hydrogen) atoms. The molecule has 0 saturated carbocycles. The van der Waals surface area contributed by atoms with E-state index in [9.17, 15) is 5.11 Å². The molecule has 0 bridgehead atoms. The number of nitrogens with zero attached hydrogens (tertiary/aromatic N) is 1. The summed E-state index contributed by atoms with van der Waals surface area (Å²) in [6, 6.07) is 9.91. The van der Waals surface area contributed by atoms with Gasteiger partial charge in [0, 0.05) is 6.42 Å². The van der Waals surface area contributed by atoms with Crippen molar-refractivity contribution in [3.63, 3.8) is 0 Å². The van der Waals surface area contributed by atoms with Gasteiger partial charge in [-0.1, -0.05) is 41.6 Å². The predicted octanol–water partition coefficient (Wildman–Crippen LogP) is 2.44. The zero-order valence-corrected chi connectivity index (χ0v) is 9.04. The molecule has 3 heteroatoms. The van der Waals surface area contributed by atoms with Crippen molar-refractivity contribution in [2.24, 2.45) is 5.16 Å². The average Bonchev–Trinajstić information content (AvgIpc) is 2.80. The molecule has 1 aromatic rings. The summed E-state index contributed by atoms with van der Waals surface area (Å²) in [7, 11) is 0. The third-order valence-electron chi connectivity index (χ3n) is 2.64. The Hall–Kier alpha value is -1.61. The van der Waals surface area contributed by atoms with Crippen LogP contribution in [-0.2, 0) is 4.84 Å². The minimum atomic E-state index is -0.564. The van der Waals surface area contributed by atoms with Gasteiger partial charge >= 0.3 is 0 Å². The second-order valence-electron chi connectivity index (χ2n) is 3.83. The van der Waals surface area contributed by atoms with Crippen LogP contribution >= 0.6 is 0 Å². The van der Waals surface area contributed by atoms with E-state index in [2.05, 4.69) is 11.7 Å². The fourth-order valence-electron chi connectivity index (χ4n) is 1.73. The van der Waals surface area contributed by atoms with E-state index < -0.39 is 6.10 Å². The van der Waals surface area contributed by atoms with Crippen LogP contribution in [0.1, 0.15) is 24.5 Å². The highest BCUT2D eigenvalue weighted by atomic mass is 16.6. The third kappa shape index (κ3) is 2.31. The topological polar surface area (TPSA) is 41.8 Å². The lowest BCUT2D eigenvalue weighted by Gasteiger charge is -2.08. The standard InChI is InChI=1S/C13H15NO2/c1-2-6-12(15)11-9-13(16-14-11)10-7-4-3-5-8-10/h2-5,7-8,12-13,15H,1,6,9H2/t12-,13-/m1/s1. The molecule has 84 valence electrons. The van der Waals surface area contributed by atoms with Crippen molar-refractivity contribution < 1.29 is 9.94 Å². The van der Waals surface area contributed by atoms with Crippen molar-refractivity contribution in [2.75, 3.05) is 0 Å². The summed E-state index contributed by atoms with van der Waals surface area (Å²) in [5, 5.41) is 13.7. The molecule has 0 saturated heterocycles. The van der Waals surface area contributed by atoms with E-state index in [1.807, 2.05) is 30.3 Å². The van der Waals surface area contributed by atoms with E-state index in [0.29, 0.717) is 18.6 Å². The first-order valence-electron chi connectivity index (χ1n) is 5.37. The quantitative estimate of drug-likeness (QED) is 0.787. The van der Waals surface area contributed by atoms with Crippen LogP contribution in [0.2, 0.25) is 0 Å². The SMILES string of the molecule is C=CC[C@@H](O)C1=NO[C@@H](c2ccccc2)C1. The molecule has 1 aliphatic heterocycles. The summed E-state index contributed by atoms with van der Waals surface area (Å²) < 4.78 is 0. The van der Waals surface area contributed by atoms with Gasteiger partial charge in [0.05, 0.1) is 11.8 Å². The van der Waals surface area contributed by atoms with E-state index in [1.165, 1.54) is 0 Å². The molecule has 1 aliphatic rings. The lowest BCUT2D eigenvalue weighted by Crippen LogP contribution is -2.18. The van der Waals surface area contributed by atoms with Crippen molar-refractivity contribution in [1.82, 2.24) is 0 Å². The Morgan fingerprint density at radius 2 is 2.25 bits per heavy atom. The first kappa shape index (κ1) is 10.9. The summed E-state index contributed by atoms with van der Waals surface area (Å²) in [6.07, 6.45) is 2.23. The summed E-state index contributed by atoms with van der Waals surface area (Å²) >= 11 is 0. The summed E-state index contributed by atoms with van der Waals surface area (Å²) in [5.41, 5.74) is 1.79. The van der Waals surface area contributed by atoms with Crippen molar-refractivity contribution in [3.8, 4) is 0 Å². The van der Waals surface area contributed by atoms with Crippen LogP contribution in [0.3, 0.4) is 0 Å². The van der Waals surface area contributed by atoms with Gasteiger partial charge in [-0.15, -0.1) is 6.58 Å². The molecule has 0 fully saturated rings. The number of aliphatic hydroxyl groups excluding tert-OH is 1. The number of benzene rings is 1. The highest BCUT2D eigenvalue weighted by molar-refractivity contribution is 5.89. The molecular formula is C13H15NO2. The van der Waals surface area contributed by atoms with Crippen LogP contribution in [0.15, 0.2) is 48.1 Å². The fourth-order valence-corrected chi connectivity index (χ4v) is 1.73. The van der Waals surface area contributed by atoms with Crippen LogP contribution in [0.25, 0.3) is 0 Å². The maximum atomic E-state index is 9.73. The minimum Gasteiger partial charge on any atom is -0.387 e. The largest absolute Gasteiger partial charge is 0.387 e. The normalized spacial score (nSPS) is 21.1. The van der Waals surface area contributed by atoms with Crippen LogP contribution in [0.5, 0.6) is 0 Å². The van der Waals surface area contributed by atoms with Gasteiger partial charge in [-0.2, -0.15) is 0 Å². The lowest BCUT2D eigenvalue weighted by atomic mass is 10.0. The number of aliphatic hydroxyl groups is 1. The molecule has 2 atom stereocenters. The lowest BCUT2D eigenvalue weighted by molar-refractivity contribution is 0.0855. The molecule has 1 aromatic carbocycles. The molecule has 3 nitrogen and oxygen atoms in total. The highest BCUT2D eigenvalue weighted by Gasteiger charge is 2.26. The molecule has 0 radical (unpaired) electrons. The monoisotopic (exact) mass is 217 g/mol. The maximum absolute atomic E-state index is 9.73. The van der Waals surface area contributed by atoms with Crippen molar-refractivity contribution in [2.45, 2.75) is 25.0 Å². The highest BCUT2D eigenvalue weighted by Crippen LogP contribution is 2.28. The van der Waals surface area contributed by atoms with Crippen molar-refractivity contribution in [3.05, 3.63) is 48.6 Å². The Kier molecular flexibility index (Phi) is 3.37. The van der Waals surface area contributed by atoms with E-state index in [4.69, 9.17) is 4.84 Å². The summed E-state index contributed by atoms with van der Waals surface area (Å²) in [5.74, 6) is 0. The molecular weight excluding hydrogens is 202 g/mol. The van der Waals surface area contributed by atoms with Gasteiger partial charge in [-0.25, -0.2) is 0 Å². The number of rotatable bonds is 4. The third-order valence-corrected chi connectivity index (χ3v) is 2.64. The Morgan fingerprint density at radius 3 is 2.94 bits per heavy atom. The molecule has 1 N–H and O–H groups in total. The van der Waals surface area contributed by atoms with E-state index in [1.54, 1.807) is 6.08 Å². The van der Waals surface area contributed by atoms with Gasteiger partial charge in [0.2, 0.25) is 0 Å². The van der Waals surface area contributed by atoms with Crippen molar-refractivity contribution in [1.29, 1.82) is 0 Å². The Balaban J connectivity index is 1.99. The fraction of sp³-hybridized carbons (Fsp3) is 0.308. The van der Waals surface area contributed by atoms with Crippen LogP contribution in [0, 0.1) is 0 Å². The summed E-state index contributed by atoms with van der Waals surface area (Å²) in [6.45, 7) is 3.59. The van der Waals surface area contributed by atoms with E-state index >= 15 is 0 Å². The van der Waals surface area contributed by atoms with Gasteiger partial charge in [-0.05, 0) is 12.0 Å². The van der Waals surface area contributed by atoms with Gasteiger partial charge in [0.15, 0.2) is 6.10 Å². The molecule has 0 aromatic heterocycles. The molecule has 0 unspecified atom stereocenters. The first-order valence-corrected chi connectivity index (χ1v) is 5.37. The number of hydrogen-bond acceptors (Lipinski definition) is 3. The Labute approximate surface area is 95.0 Å².